The summed E-state index contributed by atoms with van der Waals surface area (Å²) in [4.78, 5) is 41.8. The molecule has 1 fully saturated rings. The number of aromatic hydroxyl groups is 1. The largest absolute Gasteiger partial charge is 0.504 e. The number of alkyl carbamates (subject to hydrolysis) is 1. The number of fused-ring (bicyclic) bond motifs is 2. The van der Waals surface area contributed by atoms with Crippen LogP contribution < -0.4 is 15.0 Å². The normalized spacial score (nSPS) is 19.5. The molecule has 2 heterocycles. The van der Waals surface area contributed by atoms with Crippen molar-refractivity contribution in [2.45, 2.75) is 58.2 Å². The SMILES string of the molecule is COc1cc2c(cc1O)N(C(=O)[C@H](C)NC(=O)OC(C)(C)C)C[C@@H]1CCCN1C2=O. The van der Waals surface area contributed by atoms with Crippen LogP contribution in [0.2, 0.25) is 0 Å². The number of ether oxygens (including phenoxy) is 2. The lowest BCUT2D eigenvalue weighted by molar-refractivity contribution is -0.120. The van der Waals surface area contributed by atoms with E-state index in [9.17, 15) is 19.5 Å². The Kier molecular flexibility index (Phi) is 5.83. The van der Waals surface area contributed by atoms with Crippen LogP contribution in [-0.4, -0.2) is 65.8 Å². The van der Waals surface area contributed by atoms with E-state index >= 15 is 0 Å². The molecule has 164 valence electrons. The van der Waals surface area contributed by atoms with Gasteiger partial charge in [0, 0.05) is 19.2 Å². The number of nitrogens with one attached hydrogen (secondary N) is 1. The first-order valence-electron chi connectivity index (χ1n) is 10.0. The fourth-order valence-electron chi connectivity index (χ4n) is 3.86. The van der Waals surface area contributed by atoms with Crippen molar-refractivity contribution in [3.63, 3.8) is 0 Å². The second-order valence-corrected chi connectivity index (χ2v) is 8.65. The Hall–Kier alpha value is -2.97. The lowest BCUT2D eigenvalue weighted by Crippen LogP contribution is -2.50. The number of amides is 3. The van der Waals surface area contributed by atoms with E-state index in [0.29, 0.717) is 12.2 Å². The minimum absolute atomic E-state index is 0.129. The third-order valence-electron chi connectivity index (χ3n) is 5.22. The number of carbonyl (C=O) groups excluding carboxylic acids is 3. The number of anilines is 1. The third-order valence-corrected chi connectivity index (χ3v) is 5.22. The molecule has 2 N–H and O–H groups in total. The Labute approximate surface area is 175 Å². The highest BCUT2D eigenvalue weighted by Gasteiger charge is 2.40. The zero-order chi connectivity index (χ0) is 22.2. The number of phenolic OH excluding ortho intramolecular Hbond substituents is 1. The summed E-state index contributed by atoms with van der Waals surface area (Å²) < 4.78 is 10.4. The van der Waals surface area contributed by atoms with Gasteiger partial charge in [0.1, 0.15) is 11.6 Å². The van der Waals surface area contributed by atoms with Crippen LogP contribution in [0, 0.1) is 0 Å². The lowest BCUT2D eigenvalue weighted by Gasteiger charge is -2.29. The van der Waals surface area contributed by atoms with Crippen molar-refractivity contribution in [2.75, 3.05) is 25.1 Å². The molecule has 9 nitrogen and oxygen atoms in total. The first kappa shape index (κ1) is 21.7. The van der Waals surface area contributed by atoms with Gasteiger partial charge in [-0.15, -0.1) is 0 Å². The molecule has 2 aliphatic heterocycles. The summed E-state index contributed by atoms with van der Waals surface area (Å²) in [5.74, 6) is -0.606. The number of hydrogen-bond donors (Lipinski definition) is 2. The van der Waals surface area contributed by atoms with Gasteiger partial charge in [-0.1, -0.05) is 0 Å². The number of carbonyl (C=O) groups is 3. The monoisotopic (exact) mass is 419 g/mol. The van der Waals surface area contributed by atoms with E-state index in [0.717, 1.165) is 12.8 Å². The van der Waals surface area contributed by atoms with Crippen molar-refractivity contribution in [3.05, 3.63) is 17.7 Å². The first-order chi connectivity index (χ1) is 14.0. The van der Waals surface area contributed by atoms with Gasteiger partial charge in [0.05, 0.1) is 24.4 Å². The molecule has 0 saturated carbocycles. The van der Waals surface area contributed by atoms with Crippen molar-refractivity contribution in [1.29, 1.82) is 0 Å². The van der Waals surface area contributed by atoms with E-state index in [-0.39, 0.29) is 35.6 Å². The van der Waals surface area contributed by atoms with E-state index in [1.807, 2.05) is 0 Å². The van der Waals surface area contributed by atoms with Gasteiger partial charge in [-0.05, 0) is 46.6 Å². The molecule has 1 aromatic rings. The van der Waals surface area contributed by atoms with E-state index in [1.54, 1.807) is 32.6 Å². The summed E-state index contributed by atoms with van der Waals surface area (Å²) in [6.07, 6.45) is 0.935. The molecule has 1 aromatic carbocycles. The quantitative estimate of drug-likeness (QED) is 0.778. The highest BCUT2D eigenvalue weighted by Crippen LogP contribution is 2.39. The van der Waals surface area contributed by atoms with E-state index in [1.165, 1.54) is 24.1 Å². The molecule has 0 spiro atoms. The van der Waals surface area contributed by atoms with Gasteiger partial charge in [-0.25, -0.2) is 4.79 Å². The average molecular weight is 419 g/mol. The summed E-state index contributed by atoms with van der Waals surface area (Å²) in [5, 5.41) is 12.8. The van der Waals surface area contributed by atoms with Gasteiger partial charge in [0.15, 0.2) is 11.5 Å². The van der Waals surface area contributed by atoms with Crippen molar-refractivity contribution >= 4 is 23.6 Å². The third kappa shape index (κ3) is 4.29. The highest BCUT2D eigenvalue weighted by atomic mass is 16.6. The lowest BCUT2D eigenvalue weighted by atomic mass is 10.1. The van der Waals surface area contributed by atoms with Gasteiger partial charge < -0.3 is 29.7 Å². The molecule has 3 rings (SSSR count). The van der Waals surface area contributed by atoms with Crippen molar-refractivity contribution in [1.82, 2.24) is 10.2 Å². The van der Waals surface area contributed by atoms with Crippen LogP contribution in [0.15, 0.2) is 12.1 Å². The Morgan fingerprint density at radius 2 is 2.00 bits per heavy atom. The second kappa shape index (κ2) is 8.04. The summed E-state index contributed by atoms with van der Waals surface area (Å²) in [5.41, 5.74) is -0.108. The number of hydrogen-bond acceptors (Lipinski definition) is 6. The molecular formula is C21H29N3O6. The Bertz CT molecular complexity index is 863. The number of phenols is 1. The average Bonchev–Trinajstić information content (AvgIpc) is 3.07. The molecule has 2 atom stereocenters. The zero-order valence-electron chi connectivity index (χ0n) is 18.0. The van der Waals surface area contributed by atoms with Crippen LogP contribution in [0.5, 0.6) is 11.5 Å². The van der Waals surface area contributed by atoms with Crippen LogP contribution in [0.1, 0.15) is 50.9 Å². The highest BCUT2D eigenvalue weighted by molar-refractivity contribution is 6.08. The number of rotatable bonds is 3. The summed E-state index contributed by atoms with van der Waals surface area (Å²) in [7, 11) is 1.40. The Morgan fingerprint density at radius 3 is 2.63 bits per heavy atom. The topological polar surface area (TPSA) is 108 Å². The predicted octanol–water partition coefficient (Wildman–Crippen LogP) is 2.27. The van der Waals surface area contributed by atoms with Crippen molar-refractivity contribution in [3.8, 4) is 11.5 Å². The molecule has 0 aliphatic carbocycles. The van der Waals surface area contributed by atoms with Crippen LogP contribution in [0.3, 0.4) is 0 Å². The standard InChI is InChI=1S/C21H29N3O6/c1-12(22-20(28)30-21(2,3)4)18(26)24-11-13-7-6-8-23(13)19(27)14-9-17(29-5)16(25)10-15(14)24/h9-10,12-13,25H,6-8,11H2,1-5H3,(H,22,28)/t12-,13-/m0/s1. The molecule has 0 bridgehead atoms. The summed E-state index contributed by atoms with van der Waals surface area (Å²) in [6.45, 7) is 7.67. The van der Waals surface area contributed by atoms with Crippen LogP contribution in [-0.2, 0) is 9.53 Å². The van der Waals surface area contributed by atoms with Gasteiger partial charge in [-0.2, -0.15) is 0 Å². The van der Waals surface area contributed by atoms with Gasteiger partial charge in [-0.3, -0.25) is 9.59 Å². The van der Waals surface area contributed by atoms with Gasteiger partial charge in [0.25, 0.3) is 5.91 Å². The summed E-state index contributed by atoms with van der Waals surface area (Å²) >= 11 is 0. The Balaban J connectivity index is 1.94. The minimum Gasteiger partial charge on any atom is -0.504 e. The van der Waals surface area contributed by atoms with Crippen molar-refractivity contribution < 1.29 is 29.0 Å². The molecular weight excluding hydrogens is 390 g/mol. The maximum Gasteiger partial charge on any atom is 0.408 e. The number of benzene rings is 1. The van der Waals surface area contributed by atoms with Crippen LogP contribution in [0.25, 0.3) is 0 Å². The van der Waals surface area contributed by atoms with Crippen LogP contribution in [0.4, 0.5) is 10.5 Å². The summed E-state index contributed by atoms with van der Waals surface area (Å²) in [6, 6.07) is 1.81. The van der Waals surface area contributed by atoms with Gasteiger partial charge in [0.2, 0.25) is 5.91 Å². The fraction of sp³-hybridized carbons (Fsp3) is 0.571. The van der Waals surface area contributed by atoms with E-state index < -0.39 is 23.6 Å². The maximum atomic E-state index is 13.3. The minimum atomic E-state index is -0.889. The zero-order valence-corrected chi connectivity index (χ0v) is 18.0. The number of methoxy groups -OCH3 is 1. The van der Waals surface area contributed by atoms with Gasteiger partial charge >= 0.3 is 6.09 Å². The molecule has 9 heteroatoms. The molecule has 2 aliphatic rings. The fourth-order valence-corrected chi connectivity index (χ4v) is 3.86. The predicted molar refractivity (Wildman–Crippen MR) is 110 cm³/mol. The molecule has 0 unspecified atom stereocenters. The van der Waals surface area contributed by atoms with Crippen molar-refractivity contribution in [2.24, 2.45) is 0 Å². The smallest absolute Gasteiger partial charge is 0.408 e. The molecule has 0 radical (unpaired) electrons. The second-order valence-electron chi connectivity index (χ2n) is 8.65. The molecule has 0 aromatic heterocycles. The van der Waals surface area contributed by atoms with E-state index in [4.69, 9.17) is 9.47 Å². The van der Waals surface area contributed by atoms with Crippen LogP contribution >= 0.6 is 0 Å². The molecule has 1 saturated heterocycles. The molecule has 3 amide bonds. The number of nitrogens with zero attached hydrogens (tertiary/aromatic N) is 2. The maximum absolute atomic E-state index is 13.3. The Morgan fingerprint density at radius 1 is 1.30 bits per heavy atom. The van der Waals surface area contributed by atoms with E-state index in [2.05, 4.69) is 5.32 Å². The molecule has 30 heavy (non-hydrogen) atoms. The first-order valence-corrected chi connectivity index (χ1v) is 10.0.